The molecular formula is C16H29NO3. The second-order valence-corrected chi connectivity index (χ2v) is 7.29. The third-order valence-electron chi connectivity index (χ3n) is 5.05. The van der Waals surface area contributed by atoms with E-state index < -0.39 is 11.9 Å². The van der Waals surface area contributed by atoms with Gasteiger partial charge in [0.25, 0.3) is 0 Å². The average Bonchev–Trinajstić information content (AvgIpc) is 2.79. The van der Waals surface area contributed by atoms with Crippen LogP contribution in [0.4, 0.5) is 0 Å². The van der Waals surface area contributed by atoms with Crippen molar-refractivity contribution in [2.24, 2.45) is 23.2 Å². The van der Waals surface area contributed by atoms with Crippen LogP contribution in [0, 0.1) is 23.2 Å². The lowest BCUT2D eigenvalue weighted by Crippen LogP contribution is -2.46. The van der Waals surface area contributed by atoms with E-state index in [0.29, 0.717) is 18.8 Å². The average molecular weight is 283 g/mol. The minimum Gasteiger partial charge on any atom is -0.481 e. The summed E-state index contributed by atoms with van der Waals surface area (Å²) in [6.45, 7) is 10.4. The Morgan fingerprint density at radius 2 is 1.75 bits per heavy atom. The topological polar surface area (TPSA) is 57.6 Å². The molecule has 0 radical (unpaired) electrons. The minimum atomic E-state index is -0.823. The van der Waals surface area contributed by atoms with Crippen LogP contribution in [0.2, 0.25) is 0 Å². The number of carbonyl (C=O) groups is 2. The zero-order valence-corrected chi connectivity index (χ0v) is 13.6. The van der Waals surface area contributed by atoms with Crippen molar-refractivity contribution >= 4 is 11.9 Å². The highest BCUT2D eigenvalue weighted by Crippen LogP contribution is 2.40. The summed E-state index contributed by atoms with van der Waals surface area (Å²) in [7, 11) is 1.80. The maximum atomic E-state index is 12.7. The lowest BCUT2D eigenvalue weighted by atomic mass is 9.85. The Hall–Kier alpha value is -1.06. The van der Waals surface area contributed by atoms with Gasteiger partial charge in [0.1, 0.15) is 0 Å². The zero-order chi connectivity index (χ0) is 15.7. The number of rotatable bonds is 4. The molecule has 1 rings (SSSR count). The van der Waals surface area contributed by atoms with Gasteiger partial charge in [-0.05, 0) is 31.1 Å². The van der Waals surface area contributed by atoms with E-state index in [-0.39, 0.29) is 23.3 Å². The second kappa shape index (κ2) is 6.15. The van der Waals surface area contributed by atoms with Crippen LogP contribution in [0.15, 0.2) is 0 Å². The van der Waals surface area contributed by atoms with E-state index in [4.69, 9.17) is 0 Å². The number of carboxylic acids is 1. The van der Waals surface area contributed by atoms with Gasteiger partial charge in [0.05, 0.1) is 11.8 Å². The molecule has 0 bridgehead atoms. The quantitative estimate of drug-likeness (QED) is 0.863. The molecule has 4 atom stereocenters. The van der Waals surface area contributed by atoms with Crippen LogP contribution in [0.5, 0.6) is 0 Å². The molecule has 0 aromatic carbocycles. The van der Waals surface area contributed by atoms with E-state index >= 15 is 0 Å². The summed E-state index contributed by atoms with van der Waals surface area (Å²) in [5, 5.41) is 9.36. The molecule has 4 heteroatoms. The summed E-state index contributed by atoms with van der Waals surface area (Å²) in [5.41, 5.74) is -0.00804. The van der Waals surface area contributed by atoms with Gasteiger partial charge in [-0.3, -0.25) is 9.59 Å². The molecule has 0 spiro atoms. The number of hydrogen-bond donors (Lipinski definition) is 1. The molecule has 20 heavy (non-hydrogen) atoms. The number of aliphatic carboxylic acids is 1. The van der Waals surface area contributed by atoms with E-state index in [0.717, 1.165) is 6.42 Å². The molecule has 0 heterocycles. The van der Waals surface area contributed by atoms with Crippen molar-refractivity contribution in [2.75, 3.05) is 7.05 Å². The normalized spacial score (nSPS) is 28.2. The Kier molecular flexibility index (Phi) is 5.22. The Balaban J connectivity index is 2.87. The lowest BCUT2D eigenvalue weighted by molar-refractivity contribution is -0.150. The summed E-state index contributed by atoms with van der Waals surface area (Å²) < 4.78 is 0. The Bertz CT molecular complexity index is 372. The molecule has 0 aliphatic heterocycles. The summed E-state index contributed by atoms with van der Waals surface area (Å²) in [6, 6.07) is 0.0881. The van der Waals surface area contributed by atoms with Crippen molar-refractivity contribution in [3.8, 4) is 0 Å². The Morgan fingerprint density at radius 1 is 1.25 bits per heavy atom. The molecule has 4 unspecified atom stereocenters. The highest BCUT2D eigenvalue weighted by molar-refractivity contribution is 5.85. The SMILES string of the molecule is CCC1CC(C(=O)O)C(C(=O)N(C)C(C)C(C)(C)C)C1. The molecule has 1 aliphatic carbocycles. The molecule has 0 aromatic rings. The number of carboxylic acid groups (broad SMARTS) is 1. The molecule has 116 valence electrons. The van der Waals surface area contributed by atoms with Gasteiger partial charge in [0, 0.05) is 13.1 Å². The minimum absolute atomic E-state index is 0.00391. The fourth-order valence-corrected chi connectivity index (χ4v) is 3.06. The van der Waals surface area contributed by atoms with Crippen molar-refractivity contribution in [1.29, 1.82) is 0 Å². The molecule has 1 aliphatic rings. The van der Waals surface area contributed by atoms with Gasteiger partial charge < -0.3 is 10.0 Å². The Morgan fingerprint density at radius 3 is 2.15 bits per heavy atom. The van der Waals surface area contributed by atoms with Crippen LogP contribution in [0.25, 0.3) is 0 Å². The van der Waals surface area contributed by atoms with Gasteiger partial charge in [0.15, 0.2) is 0 Å². The number of carbonyl (C=O) groups excluding carboxylic acids is 1. The number of hydrogen-bond acceptors (Lipinski definition) is 2. The van der Waals surface area contributed by atoms with Gasteiger partial charge in [-0.2, -0.15) is 0 Å². The van der Waals surface area contributed by atoms with E-state index in [1.807, 2.05) is 6.92 Å². The fraction of sp³-hybridized carbons (Fsp3) is 0.875. The first kappa shape index (κ1) is 17.0. The number of nitrogens with zero attached hydrogens (tertiary/aromatic N) is 1. The lowest BCUT2D eigenvalue weighted by Gasteiger charge is -2.37. The molecule has 4 nitrogen and oxygen atoms in total. The first-order valence-electron chi connectivity index (χ1n) is 7.59. The highest BCUT2D eigenvalue weighted by Gasteiger charge is 2.44. The molecule has 0 saturated heterocycles. The monoisotopic (exact) mass is 283 g/mol. The Labute approximate surface area is 122 Å². The zero-order valence-electron chi connectivity index (χ0n) is 13.6. The van der Waals surface area contributed by atoms with Crippen molar-refractivity contribution in [3.05, 3.63) is 0 Å². The van der Waals surface area contributed by atoms with Gasteiger partial charge in [0.2, 0.25) is 5.91 Å². The van der Waals surface area contributed by atoms with Crippen molar-refractivity contribution in [2.45, 2.75) is 59.9 Å². The maximum absolute atomic E-state index is 12.7. The van der Waals surface area contributed by atoms with E-state index in [1.165, 1.54) is 0 Å². The van der Waals surface area contributed by atoms with Gasteiger partial charge in [-0.25, -0.2) is 0 Å². The molecular weight excluding hydrogens is 254 g/mol. The summed E-state index contributed by atoms with van der Waals surface area (Å²) in [6.07, 6.45) is 2.31. The fourth-order valence-electron chi connectivity index (χ4n) is 3.06. The van der Waals surface area contributed by atoms with E-state index in [2.05, 4.69) is 27.7 Å². The van der Waals surface area contributed by atoms with Crippen molar-refractivity contribution in [1.82, 2.24) is 4.90 Å². The third kappa shape index (κ3) is 3.53. The molecule has 1 amide bonds. The summed E-state index contributed by atoms with van der Waals surface area (Å²) in [5.74, 6) is -1.33. The summed E-state index contributed by atoms with van der Waals surface area (Å²) >= 11 is 0. The predicted octanol–water partition coefficient (Wildman–Crippen LogP) is 3.02. The van der Waals surface area contributed by atoms with Crippen LogP contribution >= 0.6 is 0 Å². The number of amides is 1. The first-order chi connectivity index (χ1) is 9.09. The molecule has 1 N–H and O–H groups in total. The van der Waals surface area contributed by atoms with Crippen LogP contribution in [-0.4, -0.2) is 35.0 Å². The second-order valence-electron chi connectivity index (χ2n) is 7.29. The highest BCUT2D eigenvalue weighted by atomic mass is 16.4. The van der Waals surface area contributed by atoms with E-state index in [1.54, 1.807) is 11.9 Å². The van der Waals surface area contributed by atoms with Crippen LogP contribution < -0.4 is 0 Å². The summed E-state index contributed by atoms with van der Waals surface area (Å²) in [4.78, 5) is 25.8. The molecule has 0 aromatic heterocycles. The third-order valence-corrected chi connectivity index (χ3v) is 5.05. The van der Waals surface area contributed by atoms with E-state index in [9.17, 15) is 14.7 Å². The maximum Gasteiger partial charge on any atom is 0.307 e. The van der Waals surface area contributed by atoms with Crippen LogP contribution in [-0.2, 0) is 9.59 Å². The van der Waals surface area contributed by atoms with Crippen molar-refractivity contribution in [3.63, 3.8) is 0 Å². The smallest absolute Gasteiger partial charge is 0.307 e. The van der Waals surface area contributed by atoms with Crippen LogP contribution in [0.1, 0.15) is 53.9 Å². The molecule has 1 fully saturated rings. The van der Waals surface area contributed by atoms with Gasteiger partial charge in [-0.1, -0.05) is 34.1 Å². The standard InChI is InChI=1S/C16H29NO3/c1-7-11-8-12(13(9-11)15(19)20)14(18)17(6)10(2)16(3,4)5/h10-13H,7-9H2,1-6H3,(H,19,20). The van der Waals surface area contributed by atoms with Crippen molar-refractivity contribution < 1.29 is 14.7 Å². The van der Waals surface area contributed by atoms with Crippen LogP contribution in [0.3, 0.4) is 0 Å². The predicted molar refractivity (Wildman–Crippen MR) is 79.3 cm³/mol. The van der Waals surface area contributed by atoms with Gasteiger partial charge >= 0.3 is 5.97 Å². The first-order valence-corrected chi connectivity index (χ1v) is 7.59. The largest absolute Gasteiger partial charge is 0.481 e. The van der Waals surface area contributed by atoms with Gasteiger partial charge in [-0.15, -0.1) is 0 Å². The molecule has 1 saturated carbocycles.